The molecule has 1 unspecified atom stereocenters. The molecule has 0 aliphatic heterocycles. The molecule has 1 fully saturated rings. The van der Waals surface area contributed by atoms with E-state index in [9.17, 15) is 0 Å². The maximum atomic E-state index is 8.59. The van der Waals surface area contributed by atoms with Gasteiger partial charge in [0.15, 0.2) is 0 Å². The van der Waals surface area contributed by atoms with E-state index in [0.29, 0.717) is 19.0 Å². The van der Waals surface area contributed by atoms with Gasteiger partial charge in [0.1, 0.15) is 0 Å². The lowest BCUT2D eigenvalue weighted by Gasteiger charge is -2.20. The summed E-state index contributed by atoms with van der Waals surface area (Å²) in [7, 11) is 0. The first-order valence-electron chi connectivity index (χ1n) is 5.46. The molecule has 1 atom stereocenters. The number of nitrogens with zero attached hydrogens (tertiary/aromatic N) is 3. The molecule has 0 aromatic heterocycles. The lowest BCUT2D eigenvalue weighted by molar-refractivity contribution is 0.285. The molecule has 0 spiro atoms. The van der Waals surface area contributed by atoms with Crippen LogP contribution in [-0.2, 0) is 0 Å². The summed E-state index contributed by atoms with van der Waals surface area (Å²) in [6.45, 7) is 4.65. The Hall–Kier alpha value is -1.10. The topological polar surface area (TPSA) is 62.9 Å². The van der Waals surface area contributed by atoms with Crippen LogP contribution in [0.25, 0.3) is 0 Å². The first-order valence-corrected chi connectivity index (χ1v) is 5.46. The highest BCUT2D eigenvalue weighted by atomic mass is 15.1. The van der Waals surface area contributed by atoms with E-state index in [0.717, 1.165) is 19.1 Å². The van der Waals surface area contributed by atoms with E-state index in [4.69, 9.17) is 10.5 Å². The second kappa shape index (κ2) is 6.40. The van der Waals surface area contributed by atoms with Crippen LogP contribution in [0, 0.1) is 28.6 Å². The zero-order valence-electron chi connectivity index (χ0n) is 9.24. The Balaban J connectivity index is 2.16. The Morgan fingerprint density at radius 2 is 1.93 bits per heavy atom. The quantitative estimate of drug-likeness (QED) is 0.624. The zero-order chi connectivity index (χ0) is 11.1. The van der Waals surface area contributed by atoms with Crippen molar-refractivity contribution in [2.75, 3.05) is 26.2 Å². The van der Waals surface area contributed by atoms with Crippen LogP contribution in [0.3, 0.4) is 0 Å². The molecule has 0 saturated heterocycles. The minimum absolute atomic E-state index is 0.349. The fraction of sp³-hybridized carbons (Fsp3) is 0.818. The lowest BCUT2D eigenvalue weighted by atomic mass is 10.1. The SMILES string of the molecule is CC(CNC1CC1)CN(CC#N)CC#N. The fourth-order valence-corrected chi connectivity index (χ4v) is 1.55. The molecule has 4 nitrogen and oxygen atoms in total. The average Bonchev–Trinajstić information content (AvgIpc) is 2.99. The minimum atomic E-state index is 0.349. The largest absolute Gasteiger partial charge is 0.314 e. The highest BCUT2D eigenvalue weighted by molar-refractivity contribution is 4.86. The Kier molecular flexibility index (Phi) is 5.10. The van der Waals surface area contributed by atoms with Crippen LogP contribution in [0.5, 0.6) is 0 Å². The van der Waals surface area contributed by atoms with Crippen molar-refractivity contribution in [3.8, 4) is 12.1 Å². The van der Waals surface area contributed by atoms with Gasteiger partial charge >= 0.3 is 0 Å². The van der Waals surface area contributed by atoms with Crippen molar-refractivity contribution in [1.82, 2.24) is 10.2 Å². The number of hydrogen-bond donors (Lipinski definition) is 1. The van der Waals surface area contributed by atoms with E-state index in [1.54, 1.807) is 0 Å². The molecule has 0 heterocycles. The molecule has 0 aromatic carbocycles. The molecular weight excluding hydrogens is 188 g/mol. The molecule has 0 aromatic rings. The Bertz CT molecular complexity index is 243. The molecule has 1 N–H and O–H groups in total. The van der Waals surface area contributed by atoms with Crippen molar-refractivity contribution in [2.24, 2.45) is 5.92 Å². The highest BCUT2D eigenvalue weighted by Gasteiger charge is 2.21. The van der Waals surface area contributed by atoms with Gasteiger partial charge in [0.25, 0.3) is 0 Å². The maximum Gasteiger partial charge on any atom is 0.0874 e. The molecule has 0 amide bonds. The van der Waals surface area contributed by atoms with Gasteiger partial charge in [-0.05, 0) is 25.3 Å². The Morgan fingerprint density at radius 1 is 1.33 bits per heavy atom. The first-order chi connectivity index (χ1) is 7.26. The molecule has 82 valence electrons. The van der Waals surface area contributed by atoms with Gasteiger partial charge in [-0.25, -0.2) is 0 Å². The van der Waals surface area contributed by atoms with Gasteiger partial charge in [-0.3, -0.25) is 4.90 Å². The van der Waals surface area contributed by atoms with Gasteiger partial charge in [-0.1, -0.05) is 6.92 Å². The second-order valence-electron chi connectivity index (χ2n) is 4.27. The van der Waals surface area contributed by atoms with Crippen LogP contribution in [0.1, 0.15) is 19.8 Å². The summed E-state index contributed by atoms with van der Waals surface area (Å²) in [5, 5.41) is 20.6. The van der Waals surface area contributed by atoms with Crippen LogP contribution in [-0.4, -0.2) is 37.1 Å². The van der Waals surface area contributed by atoms with Crippen LogP contribution >= 0.6 is 0 Å². The number of nitriles is 2. The Morgan fingerprint density at radius 3 is 2.40 bits per heavy atom. The molecular formula is C11H18N4. The van der Waals surface area contributed by atoms with E-state index in [-0.39, 0.29) is 0 Å². The fourth-order valence-electron chi connectivity index (χ4n) is 1.55. The van der Waals surface area contributed by atoms with E-state index in [1.807, 2.05) is 4.90 Å². The van der Waals surface area contributed by atoms with E-state index < -0.39 is 0 Å². The lowest BCUT2D eigenvalue weighted by Crippen LogP contribution is -2.34. The summed E-state index contributed by atoms with van der Waals surface area (Å²) in [4.78, 5) is 1.89. The van der Waals surface area contributed by atoms with Gasteiger partial charge in [0, 0.05) is 12.6 Å². The van der Waals surface area contributed by atoms with E-state index in [2.05, 4.69) is 24.4 Å². The van der Waals surface area contributed by atoms with Crippen molar-refractivity contribution >= 4 is 0 Å². The second-order valence-corrected chi connectivity index (χ2v) is 4.27. The highest BCUT2D eigenvalue weighted by Crippen LogP contribution is 2.18. The average molecular weight is 206 g/mol. The van der Waals surface area contributed by atoms with Gasteiger partial charge in [-0.15, -0.1) is 0 Å². The third-order valence-electron chi connectivity index (χ3n) is 2.49. The van der Waals surface area contributed by atoms with Gasteiger partial charge in [-0.2, -0.15) is 10.5 Å². The summed E-state index contributed by atoms with van der Waals surface area (Å²) < 4.78 is 0. The van der Waals surface area contributed by atoms with Crippen molar-refractivity contribution in [1.29, 1.82) is 10.5 Å². The van der Waals surface area contributed by atoms with Gasteiger partial charge in [0.05, 0.1) is 25.2 Å². The van der Waals surface area contributed by atoms with Gasteiger partial charge in [0.2, 0.25) is 0 Å². The summed E-state index contributed by atoms with van der Waals surface area (Å²) in [6, 6.07) is 4.91. The van der Waals surface area contributed by atoms with Crippen LogP contribution in [0.15, 0.2) is 0 Å². The smallest absolute Gasteiger partial charge is 0.0874 e. The Labute approximate surface area is 91.5 Å². The molecule has 15 heavy (non-hydrogen) atoms. The summed E-state index contributed by atoms with van der Waals surface area (Å²) in [5.74, 6) is 0.493. The monoisotopic (exact) mass is 206 g/mol. The molecule has 1 rings (SSSR count). The van der Waals surface area contributed by atoms with Crippen molar-refractivity contribution in [3.63, 3.8) is 0 Å². The minimum Gasteiger partial charge on any atom is -0.314 e. The van der Waals surface area contributed by atoms with Crippen LogP contribution < -0.4 is 5.32 Å². The molecule has 1 aliphatic carbocycles. The van der Waals surface area contributed by atoms with E-state index in [1.165, 1.54) is 12.8 Å². The normalized spacial score (nSPS) is 17.1. The number of rotatable bonds is 7. The zero-order valence-corrected chi connectivity index (χ0v) is 9.24. The molecule has 4 heteroatoms. The standard InChI is InChI=1S/C11H18N4/c1-10(8-14-11-2-3-11)9-15(6-4-12)7-5-13/h10-11,14H,2-3,6-9H2,1H3. The predicted molar refractivity (Wildman–Crippen MR) is 57.9 cm³/mol. The third kappa shape index (κ3) is 5.37. The first kappa shape index (κ1) is 12.0. The van der Waals surface area contributed by atoms with Crippen molar-refractivity contribution in [2.45, 2.75) is 25.8 Å². The van der Waals surface area contributed by atoms with E-state index >= 15 is 0 Å². The summed E-state index contributed by atoms with van der Waals surface area (Å²) >= 11 is 0. The van der Waals surface area contributed by atoms with Crippen LogP contribution in [0.2, 0.25) is 0 Å². The predicted octanol–water partition coefficient (Wildman–Crippen LogP) is 0.724. The van der Waals surface area contributed by atoms with Crippen molar-refractivity contribution < 1.29 is 0 Å². The summed E-state index contributed by atoms with van der Waals surface area (Å²) in [6.07, 6.45) is 2.60. The summed E-state index contributed by atoms with van der Waals surface area (Å²) in [5.41, 5.74) is 0. The molecule has 0 radical (unpaired) electrons. The van der Waals surface area contributed by atoms with Crippen molar-refractivity contribution in [3.05, 3.63) is 0 Å². The number of nitrogens with one attached hydrogen (secondary N) is 1. The number of hydrogen-bond acceptors (Lipinski definition) is 4. The van der Waals surface area contributed by atoms with Gasteiger partial charge < -0.3 is 5.32 Å². The molecule has 1 saturated carbocycles. The van der Waals surface area contributed by atoms with Crippen LogP contribution in [0.4, 0.5) is 0 Å². The maximum absolute atomic E-state index is 8.59. The molecule has 0 bridgehead atoms. The third-order valence-corrected chi connectivity index (χ3v) is 2.49. The molecule has 1 aliphatic rings.